The normalized spacial score (nSPS) is 12.3. The van der Waals surface area contributed by atoms with E-state index >= 15 is 0 Å². The van der Waals surface area contributed by atoms with E-state index in [9.17, 15) is 4.39 Å². The van der Waals surface area contributed by atoms with Gasteiger partial charge in [-0.2, -0.15) is 0 Å². The Morgan fingerprint density at radius 3 is 2.50 bits per heavy atom. The first-order valence-electron chi connectivity index (χ1n) is 5.56. The number of methoxy groups -OCH3 is 1. The van der Waals surface area contributed by atoms with Gasteiger partial charge in [-0.3, -0.25) is 0 Å². The summed E-state index contributed by atoms with van der Waals surface area (Å²) in [6.07, 6.45) is 0. The summed E-state index contributed by atoms with van der Waals surface area (Å²) >= 11 is 19.2. The molecule has 0 bridgehead atoms. The monoisotopic (exact) mass is 440 g/mol. The van der Waals surface area contributed by atoms with Crippen molar-refractivity contribution in [1.29, 1.82) is 0 Å². The van der Waals surface area contributed by atoms with Gasteiger partial charge in [-0.1, -0.05) is 33.6 Å². The summed E-state index contributed by atoms with van der Waals surface area (Å²) < 4.78 is 20.6. The second kappa shape index (κ2) is 6.65. The summed E-state index contributed by atoms with van der Waals surface area (Å²) in [5.41, 5.74) is 0.945. The molecule has 1 nitrogen and oxygen atoms in total. The van der Waals surface area contributed by atoms with Gasteiger partial charge in [0.15, 0.2) is 0 Å². The number of hydrogen-bond donors (Lipinski definition) is 0. The smallest absolute Gasteiger partial charge is 0.138 e. The van der Waals surface area contributed by atoms with Crippen molar-refractivity contribution in [3.63, 3.8) is 0 Å². The molecule has 0 saturated carbocycles. The molecule has 2 aromatic carbocycles. The molecular weight excluding hydrogens is 434 g/mol. The second-order valence-electron chi connectivity index (χ2n) is 4.01. The molecule has 1 unspecified atom stereocenters. The van der Waals surface area contributed by atoms with E-state index in [1.165, 1.54) is 13.2 Å². The number of ether oxygens (including phenoxy) is 1. The minimum Gasteiger partial charge on any atom is -0.495 e. The molecule has 0 saturated heterocycles. The van der Waals surface area contributed by atoms with Gasteiger partial charge in [-0.15, -0.1) is 11.6 Å². The second-order valence-corrected chi connectivity index (χ2v) is 6.59. The van der Waals surface area contributed by atoms with Crippen molar-refractivity contribution in [1.82, 2.24) is 0 Å². The molecule has 0 radical (unpaired) electrons. The molecule has 0 aliphatic heterocycles. The lowest BCUT2D eigenvalue weighted by Gasteiger charge is -2.18. The Morgan fingerprint density at radius 1 is 1.20 bits per heavy atom. The molecule has 106 valence electrons. The summed E-state index contributed by atoms with van der Waals surface area (Å²) in [6, 6.07) is 8.07. The lowest BCUT2D eigenvalue weighted by atomic mass is 10.0. The highest BCUT2D eigenvalue weighted by Crippen LogP contribution is 2.43. The van der Waals surface area contributed by atoms with E-state index in [1.807, 2.05) is 0 Å². The summed E-state index contributed by atoms with van der Waals surface area (Å²) in [5, 5.41) is -0.235. The topological polar surface area (TPSA) is 9.23 Å². The van der Waals surface area contributed by atoms with E-state index in [4.69, 9.17) is 27.9 Å². The summed E-state index contributed by atoms with van der Waals surface area (Å²) in [7, 11) is 1.53. The minimum atomic E-state index is -0.726. The highest BCUT2D eigenvalue weighted by atomic mass is 79.9. The fourth-order valence-corrected chi connectivity index (χ4v) is 3.97. The molecule has 0 N–H and O–H groups in total. The molecular formula is C14H9Br2Cl2FO. The summed E-state index contributed by atoms with van der Waals surface area (Å²) in [4.78, 5) is 0. The predicted molar refractivity (Wildman–Crippen MR) is 87.5 cm³/mol. The van der Waals surface area contributed by atoms with Crippen LogP contribution in [-0.2, 0) is 0 Å². The van der Waals surface area contributed by atoms with E-state index in [1.54, 1.807) is 24.3 Å². The molecule has 0 heterocycles. The van der Waals surface area contributed by atoms with Crippen LogP contribution in [0.4, 0.5) is 4.39 Å². The fourth-order valence-electron chi connectivity index (χ4n) is 1.89. The summed E-state index contributed by atoms with van der Waals surface area (Å²) in [6.45, 7) is 0. The first-order chi connectivity index (χ1) is 9.45. The number of benzene rings is 2. The van der Waals surface area contributed by atoms with Crippen LogP contribution < -0.4 is 4.74 Å². The van der Waals surface area contributed by atoms with Crippen LogP contribution in [0.3, 0.4) is 0 Å². The van der Waals surface area contributed by atoms with Crippen molar-refractivity contribution < 1.29 is 9.13 Å². The van der Waals surface area contributed by atoms with Gasteiger partial charge in [0, 0.05) is 20.6 Å². The van der Waals surface area contributed by atoms with Crippen molar-refractivity contribution in [3.05, 3.63) is 61.2 Å². The SMILES string of the molecule is COc1c(Br)cc(Cl)cc1C(Cl)c1c(F)cccc1Br. The molecule has 2 rings (SSSR count). The number of alkyl halides is 1. The molecule has 0 aromatic heterocycles. The fraction of sp³-hybridized carbons (Fsp3) is 0.143. The van der Waals surface area contributed by atoms with Gasteiger partial charge in [0.05, 0.1) is 17.0 Å². The maximum absolute atomic E-state index is 14.0. The Hall–Kier alpha value is -0.290. The average Bonchev–Trinajstić information content (AvgIpc) is 2.37. The van der Waals surface area contributed by atoms with Crippen molar-refractivity contribution >= 4 is 55.1 Å². The van der Waals surface area contributed by atoms with Crippen LogP contribution >= 0.6 is 55.1 Å². The largest absolute Gasteiger partial charge is 0.495 e. The van der Waals surface area contributed by atoms with Crippen molar-refractivity contribution in [2.75, 3.05) is 7.11 Å². The predicted octanol–water partition coefficient (Wildman–Crippen LogP) is 6.34. The van der Waals surface area contributed by atoms with Crippen LogP contribution in [-0.4, -0.2) is 7.11 Å². The number of rotatable bonds is 3. The molecule has 0 aliphatic rings. The van der Waals surface area contributed by atoms with Gasteiger partial charge >= 0.3 is 0 Å². The Balaban J connectivity index is 2.62. The van der Waals surface area contributed by atoms with Crippen molar-refractivity contribution in [2.45, 2.75) is 5.38 Å². The quantitative estimate of drug-likeness (QED) is 0.504. The lowest BCUT2D eigenvalue weighted by molar-refractivity contribution is 0.407. The molecule has 0 fully saturated rings. The van der Waals surface area contributed by atoms with Gasteiger partial charge in [-0.25, -0.2) is 4.39 Å². The Bertz CT molecular complexity index is 629. The first kappa shape index (κ1) is 16.1. The Morgan fingerprint density at radius 2 is 1.90 bits per heavy atom. The van der Waals surface area contributed by atoms with Gasteiger partial charge in [0.1, 0.15) is 11.6 Å². The highest BCUT2D eigenvalue weighted by molar-refractivity contribution is 9.10. The minimum absolute atomic E-state index is 0.349. The van der Waals surface area contributed by atoms with Gasteiger partial charge < -0.3 is 4.74 Å². The van der Waals surface area contributed by atoms with Gasteiger partial charge in [-0.05, 0) is 40.2 Å². The number of hydrogen-bond acceptors (Lipinski definition) is 1. The molecule has 0 spiro atoms. The maximum atomic E-state index is 14.0. The molecule has 6 heteroatoms. The van der Waals surface area contributed by atoms with Crippen molar-refractivity contribution in [3.8, 4) is 5.75 Å². The van der Waals surface area contributed by atoms with E-state index in [0.29, 0.717) is 30.8 Å². The van der Waals surface area contributed by atoms with Crippen LogP contribution in [0, 0.1) is 5.82 Å². The molecule has 0 aliphatic carbocycles. The Kier molecular flexibility index (Phi) is 5.35. The summed E-state index contributed by atoms with van der Waals surface area (Å²) in [5.74, 6) is 0.141. The third kappa shape index (κ3) is 3.14. The van der Waals surface area contributed by atoms with Gasteiger partial charge in [0.25, 0.3) is 0 Å². The van der Waals surface area contributed by atoms with E-state index < -0.39 is 11.2 Å². The standard InChI is InChI=1S/C14H9Br2Cl2FO/c1-20-14-8(5-7(17)6-10(14)16)13(18)12-9(15)3-2-4-11(12)19/h2-6,13H,1H3. The van der Waals surface area contributed by atoms with Crippen LogP contribution in [0.1, 0.15) is 16.5 Å². The first-order valence-corrected chi connectivity index (χ1v) is 7.96. The van der Waals surface area contributed by atoms with E-state index in [0.717, 1.165) is 0 Å². The van der Waals surface area contributed by atoms with Crippen molar-refractivity contribution in [2.24, 2.45) is 0 Å². The highest BCUT2D eigenvalue weighted by Gasteiger charge is 2.23. The maximum Gasteiger partial charge on any atom is 0.138 e. The molecule has 2 aromatic rings. The van der Waals surface area contributed by atoms with Crippen LogP contribution in [0.2, 0.25) is 5.02 Å². The molecule has 20 heavy (non-hydrogen) atoms. The van der Waals surface area contributed by atoms with E-state index in [2.05, 4.69) is 31.9 Å². The zero-order valence-corrected chi connectivity index (χ0v) is 14.9. The third-order valence-electron chi connectivity index (χ3n) is 2.77. The number of halogens is 5. The van der Waals surface area contributed by atoms with E-state index in [-0.39, 0.29) is 0 Å². The van der Waals surface area contributed by atoms with Gasteiger partial charge in [0.2, 0.25) is 0 Å². The Labute approximate surface area is 143 Å². The van der Waals surface area contributed by atoms with Crippen LogP contribution in [0.5, 0.6) is 5.75 Å². The zero-order valence-electron chi connectivity index (χ0n) is 10.3. The lowest BCUT2D eigenvalue weighted by Crippen LogP contribution is -2.02. The van der Waals surface area contributed by atoms with Crippen LogP contribution in [0.15, 0.2) is 39.3 Å². The zero-order chi connectivity index (χ0) is 14.9. The van der Waals surface area contributed by atoms with Crippen LogP contribution in [0.25, 0.3) is 0 Å². The molecule has 1 atom stereocenters. The average molecular weight is 443 g/mol. The third-order valence-corrected chi connectivity index (χ3v) is 4.72. The molecule has 0 amide bonds.